The van der Waals surface area contributed by atoms with E-state index in [0.29, 0.717) is 5.69 Å². The first kappa shape index (κ1) is 14.8. The molecule has 0 saturated carbocycles. The second kappa shape index (κ2) is 6.74. The Morgan fingerprint density at radius 2 is 2.00 bits per heavy atom. The van der Waals surface area contributed by atoms with Crippen LogP contribution in [-0.4, -0.2) is 29.1 Å². The molecular formula is C15H19N5OS. The maximum absolute atomic E-state index is 11.8. The monoisotopic (exact) mass is 317 g/mol. The first-order chi connectivity index (χ1) is 10.7. The molecule has 2 N–H and O–H groups in total. The molecule has 0 aromatic carbocycles. The van der Waals surface area contributed by atoms with E-state index in [2.05, 4.69) is 32.4 Å². The largest absolute Gasteiger partial charge is 0.341 e. The van der Waals surface area contributed by atoms with E-state index in [0.717, 1.165) is 30.0 Å². The van der Waals surface area contributed by atoms with Gasteiger partial charge in [-0.2, -0.15) is 0 Å². The van der Waals surface area contributed by atoms with Gasteiger partial charge >= 0.3 is 6.03 Å². The van der Waals surface area contributed by atoms with Crippen LogP contribution < -0.4 is 15.5 Å². The number of piperidine rings is 1. The van der Waals surface area contributed by atoms with Crippen molar-refractivity contribution in [3.05, 3.63) is 29.9 Å². The van der Waals surface area contributed by atoms with E-state index in [1.807, 2.05) is 17.5 Å². The minimum Gasteiger partial charge on any atom is -0.341 e. The summed E-state index contributed by atoms with van der Waals surface area (Å²) in [5, 5.41) is 8.20. The number of hydrogen-bond donors (Lipinski definition) is 2. The fourth-order valence-electron chi connectivity index (χ4n) is 2.38. The zero-order valence-electron chi connectivity index (χ0n) is 12.5. The number of amides is 2. The van der Waals surface area contributed by atoms with Crippen molar-refractivity contribution in [3.8, 4) is 0 Å². The Morgan fingerprint density at radius 1 is 1.27 bits per heavy atom. The molecule has 2 amide bonds. The fraction of sp³-hybridized carbons (Fsp3) is 0.400. The molecule has 0 bridgehead atoms. The van der Waals surface area contributed by atoms with Crippen LogP contribution in [0.5, 0.6) is 0 Å². The molecule has 0 atom stereocenters. The predicted molar refractivity (Wildman–Crippen MR) is 89.6 cm³/mol. The summed E-state index contributed by atoms with van der Waals surface area (Å²) in [4.78, 5) is 22.7. The Morgan fingerprint density at radius 3 is 2.64 bits per heavy atom. The van der Waals surface area contributed by atoms with E-state index in [-0.39, 0.29) is 6.03 Å². The Balaban J connectivity index is 1.56. The van der Waals surface area contributed by atoms with Crippen LogP contribution in [0.2, 0.25) is 0 Å². The molecular weight excluding hydrogens is 298 g/mol. The average molecular weight is 317 g/mol. The summed E-state index contributed by atoms with van der Waals surface area (Å²) in [5.74, 6) is 1.51. The van der Waals surface area contributed by atoms with E-state index < -0.39 is 0 Å². The number of carbonyl (C=O) groups is 1. The van der Waals surface area contributed by atoms with Crippen LogP contribution >= 0.6 is 11.3 Å². The number of carbonyl (C=O) groups excluding carboxylic acids is 1. The first-order valence-electron chi connectivity index (χ1n) is 7.39. The summed E-state index contributed by atoms with van der Waals surface area (Å²) < 4.78 is 0. The molecule has 0 radical (unpaired) electrons. The summed E-state index contributed by atoms with van der Waals surface area (Å²) in [6.07, 6.45) is 5.64. The lowest BCUT2D eigenvalue weighted by atomic mass is 10.00. The molecule has 1 fully saturated rings. The maximum Gasteiger partial charge on any atom is 0.324 e. The number of urea groups is 1. The van der Waals surface area contributed by atoms with Gasteiger partial charge in [0, 0.05) is 13.1 Å². The summed E-state index contributed by atoms with van der Waals surface area (Å²) in [6, 6.07) is 3.45. The van der Waals surface area contributed by atoms with Crippen LogP contribution in [0, 0.1) is 5.92 Å². The number of anilines is 3. The number of aromatic nitrogens is 2. The minimum atomic E-state index is -0.286. The van der Waals surface area contributed by atoms with Crippen molar-refractivity contribution < 1.29 is 4.79 Å². The number of hydrogen-bond acceptors (Lipinski definition) is 5. The van der Waals surface area contributed by atoms with E-state index in [4.69, 9.17) is 0 Å². The standard InChI is InChI=1S/C15H19N5OS/c1-11-4-6-20(7-5-11)14-16-9-12(10-17-14)18-15(21)19-13-3-2-8-22-13/h2-3,8-11H,4-7H2,1H3,(H2,18,19,21). The van der Waals surface area contributed by atoms with Gasteiger partial charge < -0.3 is 10.2 Å². The molecule has 2 aromatic heterocycles. The molecule has 0 unspecified atom stereocenters. The molecule has 1 aliphatic rings. The van der Waals surface area contributed by atoms with E-state index in [1.165, 1.54) is 24.2 Å². The topological polar surface area (TPSA) is 70.2 Å². The lowest BCUT2D eigenvalue weighted by molar-refractivity contribution is 0.262. The Kier molecular flexibility index (Phi) is 4.53. The first-order valence-corrected chi connectivity index (χ1v) is 8.27. The van der Waals surface area contributed by atoms with Gasteiger partial charge in [-0.1, -0.05) is 6.92 Å². The van der Waals surface area contributed by atoms with Crippen LogP contribution in [0.4, 0.5) is 21.4 Å². The molecule has 3 rings (SSSR count). The summed E-state index contributed by atoms with van der Waals surface area (Å²) >= 11 is 1.47. The molecule has 6 nitrogen and oxygen atoms in total. The van der Waals surface area contributed by atoms with Gasteiger partial charge in [0.1, 0.15) is 0 Å². The highest BCUT2D eigenvalue weighted by molar-refractivity contribution is 7.14. The zero-order valence-corrected chi connectivity index (χ0v) is 13.3. The van der Waals surface area contributed by atoms with Crippen molar-refractivity contribution in [1.29, 1.82) is 0 Å². The second-order valence-corrected chi connectivity index (χ2v) is 6.45. The highest BCUT2D eigenvalue weighted by Gasteiger charge is 2.17. The Hall–Kier alpha value is -2.15. The summed E-state index contributed by atoms with van der Waals surface area (Å²) in [6.45, 7) is 4.26. The van der Waals surface area contributed by atoms with E-state index >= 15 is 0 Å². The van der Waals surface area contributed by atoms with Gasteiger partial charge in [-0.15, -0.1) is 11.3 Å². The van der Waals surface area contributed by atoms with Gasteiger partial charge in [0.05, 0.1) is 23.1 Å². The van der Waals surface area contributed by atoms with Crippen molar-refractivity contribution >= 4 is 34.0 Å². The fourth-order valence-corrected chi connectivity index (χ4v) is 2.99. The van der Waals surface area contributed by atoms with Crippen molar-refractivity contribution in [2.75, 3.05) is 28.6 Å². The van der Waals surface area contributed by atoms with Crippen LogP contribution in [0.25, 0.3) is 0 Å². The third-order valence-corrected chi connectivity index (χ3v) is 4.51. The van der Waals surface area contributed by atoms with E-state index in [1.54, 1.807) is 12.4 Å². The molecule has 22 heavy (non-hydrogen) atoms. The molecule has 7 heteroatoms. The molecule has 116 valence electrons. The normalized spacial score (nSPS) is 15.6. The lowest BCUT2D eigenvalue weighted by Gasteiger charge is -2.30. The highest BCUT2D eigenvalue weighted by Crippen LogP contribution is 2.20. The third-order valence-electron chi connectivity index (χ3n) is 3.72. The quantitative estimate of drug-likeness (QED) is 0.910. The molecule has 0 aliphatic carbocycles. The van der Waals surface area contributed by atoms with Crippen LogP contribution in [0.1, 0.15) is 19.8 Å². The van der Waals surface area contributed by atoms with Crippen molar-refractivity contribution in [2.24, 2.45) is 5.92 Å². The van der Waals surface area contributed by atoms with Crippen molar-refractivity contribution in [3.63, 3.8) is 0 Å². The molecule has 1 aliphatic heterocycles. The summed E-state index contributed by atoms with van der Waals surface area (Å²) in [5.41, 5.74) is 0.586. The zero-order chi connectivity index (χ0) is 15.4. The predicted octanol–water partition coefficient (Wildman–Crippen LogP) is 3.42. The van der Waals surface area contributed by atoms with Crippen LogP contribution in [0.15, 0.2) is 29.9 Å². The van der Waals surface area contributed by atoms with Gasteiger partial charge in [0.15, 0.2) is 0 Å². The maximum atomic E-state index is 11.8. The molecule has 3 heterocycles. The number of thiophene rings is 1. The smallest absolute Gasteiger partial charge is 0.324 e. The van der Waals surface area contributed by atoms with Crippen molar-refractivity contribution in [2.45, 2.75) is 19.8 Å². The lowest BCUT2D eigenvalue weighted by Crippen LogP contribution is -2.34. The van der Waals surface area contributed by atoms with E-state index in [9.17, 15) is 4.79 Å². The molecule has 2 aromatic rings. The van der Waals surface area contributed by atoms with Crippen molar-refractivity contribution in [1.82, 2.24) is 9.97 Å². The third kappa shape index (κ3) is 3.73. The number of nitrogens with zero attached hydrogens (tertiary/aromatic N) is 3. The number of nitrogens with one attached hydrogen (secondary N) is 2. The van der Waals surface area contributed by atoms with Gasteiger partial charge in [-0.25, -0.2) is 14.8 Å². The molecule has 0 spiro atoms. The molecule has 1 saturated heterocycles. The van der Waals surface area contributed by atoms with Crippen LogP contribution in [0.3, 0.4) is 0 Å². The SMILES string of the molecule is CC1CCN(c2ncc(NC(=O)Nc3cccs3)cn2)CC1. The Labute approximate surface area is 133 Å². The summed E-state index contributed by atoms with van der Waals surface area (Å²) in [7, 11) is 0. The minimum absolute atomic E-state index is 0.286. The Bertz CT molecular complexity index is 605. The highest BCUT2D eigenvalue weighted by atomic mass is 32.1. The van der Waals surface area contributed by atoms with Gasteiger partial charge in [-0.05, 0) is 36.3 Å². The second-order valence-electron chi connectivity index (χ2n) is 5.50. The van der Waals surface area contributed by atoms with Crippen LogP contribution in [-0.2, 0) is 0 Å². The number of rotatable bonds is 3. The van der Waals surface area contributed by atoms with Gasteiger partial charge in [0.25, 0.3) is 0 Å². The average Bonchev–Trinajstić information content (AvgIpc) is 3.02. The van der Waals surface area contributed by atoms with Gasteiger partial charge in [-0.3, -0.25) is 5.32 Å². The van der Waals surface area contributed by atoms with Gasteiger partial charge in [0.2, 0.25) is 5.95 Å².